The number of hydrogen-bond donors (Lipinski definition) is 2. The average Bonchev–Trinajstić information content (AvgIpc) is 2.99. The van der Waals surface area contributed by atoms with Gasteiger partial charge in [0.15, 0.2) is 6.29 Å². The van der Waals surface area contributed by atoms with E-state index in [-0.39, 0.29) is 18.1 Å². The molecule has 0 aromatic heterocycles. The summed E-state index contributed by atoms with van der Waals surface area (Å²) in [7, 11) is 0. The third kappa shape index (κ3) is 3.79. The molecule has 110 valence electrons. The zero-order chi connectivity index (χ0) is 14.4. The molecule has 1 amide bonds. The van der Waals surface area contributed by atoms with Gasteiger partial charge < -0.3 is 20.5 Å². The molecule has 1 heterocycles. The predicted octanol–water partition coefficient (Wildman–Crippen LogP) is 2.05. The summed E-state index contributed by atoms with van der Waals surface area (Å²) in [4.78, 5) is 12.0. The molecule has 20 heavy (non-hydrogen) atoms. The van der Waals surface area contributed by atoms with Crippen LogP contribution >= 0.6 is 0 Å². The molecule has 5 nitrogen and oxygen atoms in total. The Morgan fingerprint density at radius 3 is 2.55 bits per heavy atom. The summed E-state index contributed by atoms with van der Waals surface area (Å²) in [6.45, 7) is 3.67. The van der Waals surface area contributed by atoms with E-state index in [4.69, 9.17) is 15.2 Å². The van der Waals surface area contributed by atoms with Crippen LogP contribution < -0.4 is 11.1 Å². The lowest BCUT2D eigenvalue weighted by Gasteiger charge is -2.15. The molecule has 1 fully saturated rings. The summed E-state index contributed by atoms with van der Waals surface area (Å²) in [6.07, 6.45) is 1.48. The van der Waals surface area contributed by atoms with Gasteiger partial charge in [0, 0.05) is 17.8 Å². The smallest absolute Gasteiger partial charge is 0.228 e. The van der Waals surface area contributed by atoms with Gasteiger partial charge in [-0.1, -0.05) is 25.5 Å². The number of amides is 1. The second-order valence-corrected chi connectivity index (χ2v) is 4.91. The molecule has 1 atom stereocenters. The van der Waals surface area contributed by atoms with Gasteiger partial charge in [0.05, 0.1) is 19.1 Å². The molecule has 1 unspecified atom stereocenters. The molecule has 0 bridgehead atoms. The highest BCUT2D eigenvalue weighted by Gasteiger charge is 2.19. The second kappa shape index (κ2) is 7.38. The number of nitrogens with two attached hydrogens (primary N) is 1. The van der Waals surface area contributed by atoms with Gasteiger partial charge >= 0.3 is 0 Å². The van der Waals surface area contributed by atoms with Gasteiger partial charge in [-0.15, -0.1) is 0 Å². The van der Waals surface area contributed by atoms with Crippen LogP contribution in [-0.2, 0) is 14.3 Å². The number of carbonyl (C=O) groups excluding carboxylic acids is 1. The first-order valence-electron chi connectivity index (χ1n) is 7.08. The summed E-state index contributed by atoms with van der Waals surface area (Å²) in [5.41, 5.74) is 7.36. The van der Waals surface area contributed by atoms with Crippen molar-refractivity contribution in [2.45, 2.75) is 26.1 Å². The normalized spacial score (nSPS) is 17.1. The highest BCUT2D eigenvalue weighted by atomic mass is 16.7. The van der Waals surface area contributed by atoms with Crippen molar-refractivity contribution in [2.24, 2.45) is 11.7 Å². The maximum atomic E-state index is 12.0. The topological polar surface area (TPSA) is 73.6 Å². The molecule has 1 aromatic carbocycles. The zero-order valence-corrected chi connectivity index (χ0v) is 11.8. The SMILES string of the molecule is CCCC(CN)C(=O)Nc1ccc(C2OCCO2)cc1. The molecular formula is C15H22N2O3. The van der Waals surface area contributed by atoms with Crippen molar-refractivity contribution >= 4 is 11.6 Å². The molecule has 0 aliphatic carbocycles. The molecule has 0 radical (unpaired) electrons. The van der Waals surface area contributed by atoms with Gasteiger partial charge in [-0.25, -0.2) is 0 Å². The highest BCUT2D eigenvalue weighted by molar-refractivity contribution is 5.92. The Morgan fingerprint density at radius 1 is 1.35 bits per heavy atom. The van der Waals surface area contributed by atoms with Crippen LogP contribution in [0.2, 0.25) is 0 Å². The Hall–Kier alpha value is -1.43. The van der Waals surface area contributed by atoms with E-state index < -0.39 is 0 Å². The monoisotopic (exact) mass is 278 g/mol. The van der Waals surface area contributed by atoms with Crippen molar-refractivity contribution in [3.8, 4) is 0 Å². The largest absolute Gasteiger partial charge is 0.346 e. The van der Waals surface area contributed by atoms with Crippen LogP contribution in [0.4, 0.5) is 5.69 Å². The molecule has 5 heteroatoms. The van der Waals surface area contributed by atoms with E-state index in [9.17, 15) is 4.79 Å². The number of hydrogen-bond acceptors (Lipinski definition) is 4. The molecule has 2 rings (SSSR count). The molecule has 0 spiro atoms. The number of benzene rings is 1. The van der Waals surface area contributed by atoms with Crippen molar-refractivity contribution in [3.63, 3.8) is 0 Å². The molecular weight excluding hydrogens is 256 g/mol. The lowest BCUT2D eigenvalue weighted by atomic mass is 10.0. The van der Waals surface area contributed by atoms with E-state index in [0.29, 0.717) is 19.8 Å². The third-order valence-corrected chi connectivity index (χ3v) is 3.36. The fourth-order valence-electron chi connectivity index (χ4n) is 2.22. The number of rotatable bonds is 6. The van der Waals surface area contributed by atoms with Crippen molar-refractivity contribution < 1.29 is 14.3 Å². The Balaban J connectivity index is 1.94. The minimum absolute atomic E-state index is 0.0181. The second-order valence-electron chi connectivity index (χ2n) is 4.91. The van der Waals surface area contributed by atoms with Gasteiger partial charge in [-0.2, -0.15) is 0 Å². The Kier molecular flexibility index (Phi) is 5.52. The van der Waals surface area contributed by atoms with Gasteiger partial charge in [0.25, 0.3) is 0 Å². The van der Waals surface area contributed by atoms with Gasteiger partial charge in [-0.3, -0.25) is 4.79 Å². The van der Waals surface area contributed by atoms with Gasteiger partial charge in [-0.05, 0) is 18.6 Å². The first-order chi connectivity index (χ1) is 9.74. The average molecular weight is 278 g/mol. The van der Waals surface area contributed by atoms with E-state index >= 15 is 0 Å². The number of nitrogens with one attached hydrogen (secondary N) is 1. The summed E-state index contributed by atoms with van der Waals surface area (Å²) in [5, 5.41) is 2.89. The Morgan fingerprint density at radius 2 is 2.00 bits per heavy atom. The van der Waals surface area contributed by atoms with E-state index in [0.717, 1.165) is 24.1 Å². The van der Waals surface area contributed by atoms with Crippen LogP contribution in [0.15, 0.2) is 24.3 Å². The fraction of sp³-hybridized carbons (Fsp3) is 0.533. The lowest BCUT2D eigenvalue weighted by Crippen LogP contribution is -2.29. The van der Waals surface area contributed by atoms with E-state index in [1.165, 1.54) is 0 Å². The first kappa shape index (κ1) is 15.0. The number of carbonyl (C=O) groups is 1. The van der Waals surface area contributed by atoms with E-state index in [2.05, 4.69) is 5.32 Å². The van der Waals surface area contributed by atoms with Crippen LogP contribution in [0.25, 0.3) is 0 Å². The van der Waals surface area contributed by atoms with Crippen LogP contribution in [-0.4, -0.2) is 25.7 Å². The highest BCUT2D eigenvalue weighted by Crippen LogP contribution is 2.24. The van der Waals surface area contributed by atoms with Crippen molar-refractivity contribution in [1.82, 2.24) is 0 Å². The molecule has 1 aliphatic rings. The zero-order valence-electron chi connectivity index (χ0n) is 11.8. The Labute approximate surface area is 119 Å². The minimum Gasteiger partial charge on any atom is -0.346 e. The first-order valence-corrected chi connectivity index (χ1v) is 7.08. The quantitative estimate of drug-likeness (QED) is 0.835. The van der Waals surface area contributed by atoms with Crippen molar-refractivity contribution in [2.75, 3.05) is 25.1 Å². The third-order valence-electron chi connectivity index (χ3n) is 3.36. The maximum Gasteiger partial charge on any atom is 0.228 e. The summed E-state index contributed by atoms with van der Waals surface area (Å²) in [6, 6.07) is 7.53. The van der Waals surface area contributed by atoms with Crippen molar-refractivity contribution in [1.29, 1.82) is 0 Å². The molecule has 3 N–H and O–H groups in total. The van der Waals surface area contributed by atoms with Gasteiger partial charge in [0.2, 0.25) is 5.91 Å². The predicted molar refractivity (Wildman–Crippen MR) is 77.2 cm³/mol. The molecule has 0 saturated carbocycles. The summed E-state index contributed by atoms with van der Waals surface area (Å²) >= 11 is 0. The standard InChI is InChI=1S/C15H22N2O3/c1-2-3-12(10-16)14(18)17-13-6-4-11(5-7-13)15-19-8-9-20-15/h4-7,12,15H,2-3,8-10,16H2,1H3,(H,17,18). The van der Waals surface area contributed by atoms with Gasteiger partial charge in [0.1, 0.15) is 0 Å². The summed E-state index contributed by atoms with van der Waals surface area (Å²) in [5.74, 6) is -0.142. The molecule has 1 aliphatic heterocycles. The summed E-state index contributed by atoms with van der Waals surface area (Å²) < 4.78 is 10.8. The molecule has 1 aromatic rings. The Bertz CT molecular complexity index is 427. The van der Waals surface area contributed by atoms with Crippen LogP contribution in [0.5, 0.6) is 0 Å². The number of anilines is 1. The lowest BCUT2D eigenvalue weighted by molar-refractivity contribution is -0.119. The van der Waals surface area contributed by atoms with Crippen molar-refractivity contribution in [3.05, 3.63) is 29.8 Å². The van der Waals surface area contributed by atoms with E-state index in [1.807, 2.05) is 31.2 Å². The van der Waals surface area contributed by atoms with E-state index in [1.54, 1.807) is 0 Å². The van der Waals surface area contributed by atoms with Crippen LogP contribution in [0.1, 0.15) is 31.6 Å². The fourth-order valence-corrected chi connectivity index (χ4v) is 2.22. The maximum absolute atomic E-state index is 12.0. The minimum atomic E-state index is -0.281. The van der Waals surface area contributed by atoms with Crippen LogP contribution in [0.3, 0.4) is 0 Å². The molecule has 1 saturated heterocycles. The van der Waals surface area contributed by atoms with Crippen LogP contribution in [0, 0.1) is 5.92 Å². The number of ether oxygens (including phenoxy) is 2.